The second-order valence-corrected chi connectivity index (χ2v) is 9.05. The summed E-state index contributed by atoms with van der Waals surface area (Å²) in [6, 6.07) is 17.2. The number of aromatic nitrogens is 3. The van der Waals surface area contributed by atoms with E-state index in [0.29, 0.717) is 22.4 Å². The summed E-state index contributed by atoms with van der Waals surface area (Å²) < 4.78 is 40.5. The van der Waals surface area contributed by atoms with Gasteiger partial charge in [-0.15, -0.1) is 10.2 Å². The van der Waals surface area contributed by atoms with Crippen LogP contribution in [0.15, 0.2) is 78.0 Å². The lowest BCUT2D eigenvalue weighted by Gasteiger charge is -2.12. The number of nitrogens with zero attached hydrogens (tertiary/aromatic N) is 4. The second kappa shape index (κ2) is 11.3. The molecule has 4 aromatic rings. The van der Waals surface area contributed by atoms with Gasteiger partial charge in [-0.3, -0.25) is 14.7 Å². The molecule has 0 spiro atoms. The Bertz CT molecular complexity index is 1460. The maximum atomic E-state index is 13.0. The van der Waals surface area contributed by atoms with Crippen molar-refractivity contribution in [1.82, 2.24) is 20.1 Å². The molecule has 3 aromatic carbocycles. The molecule has 0 saturated carbocycles. The Labute approximate surface area is 219 Å². The minimum Gasteiger partial charge on any atom is -0.331 e. The van der Waals surface area contributed by atoms with Gasteiger partial charge in [-0.2, -0.15) is 13.2 Å². The molecule has 0 aliphatic rings. The van der Waals surface area contributed by atoms with Crippen LogP contribution >= 0.6 is 11.8 Å². The highest BCUT2D eigenvalue weighted by atomic mass is 32.2. The molecule has 0 aliphatic heterocycles. The van der Waals surface area contributed by atoms with E-state index in [4.69, 9.17) is 0 Å². The van der Waals surface area contributed by atoms with Gasteiger partial charge in [0.05, 0.1) is 17.0 Å². The summed E-state index contributed by atoms with van der Waals surface area (Å²) in [6.07, 6.45) is -4.54. The predicted octanol–water partition coefficient (Wildman–Crippen LogP) is 6.12. The number of carbonyl (C=O) groups excluding carboxylic acids is 1. The second-order valence-electron chi connectivity index (χ2n) is 8.11. The van der Waals surface area contributed by atoms with E-state index in [0.717, 1.165) is 23.3 Å². The van der Waals surface area contributed by atoms with Crippen molar-refractivity contribution in [3.8, 4) is 5.69 Å². The van der Waals surface area contributed by atoms with Crippen LogP contribution in [0.5, 0.6) is 0 Å². The maximum absolute atomic E-state index is 13.0. The van der Waals surface area contributed by atoms with Crippen molar-refractivity contribution in [3.05, 3.63) is 105 Å². The van der Waals surface area contributed by atoms with Gasteiger partial charge in [0.2, 0.25) is 0 Å². The van der Waals surface area contributed by atoms with Crippen LogP contribution in [-0.4, -0.2) is 25.7 Å². The average Bonchev–Trinajstić information content (AvgIpc) is 3.29. The Morgan fingerprint density at radius 3 is 2.47 bits per heavy atom. The quantitative estimate of drug-likeness (QED) is 0.158. The SMILES string of the molecule is Cc1ccccc1CSc1nnc(CNC(=O)Nc2cccc(C(F)(F)F)c2)n1-c1ccc([N+](=O)[O-])cc1. The number of rotatable bonds is 8. The Hall–Kier alpha value is -4.39. The molecule has 9 nitrogen and oxygen atoms in total. The number of benzene rings is 3. The largest absolute Gasteiger partial charge is 0.416 e. The normalized spacial score (nSPS) is 11.3. The van der Waals surface area contributed by atoms with Crippen molar-refractivity contribution in [2.24, 2.45) is 0 Å². The Morgan fingerprint density at radius 2 is 1.79 bits per heavy atom. The monoisotopic (exact) mass is 542 g/mol. The fourth-order valence-corrected chi connectivity index (χ4v) is 4.56. The summed E-state index contributed by atoms with van der Waals surface area (Å²) in [5.41, 5.74) is 1.75. The first-order chi connectivity index (χ1) is 18.1. The number of hydrogen-bond acceptors (Lipinski definition) is 6. The van der Waals surface area contributed by atoms with Gasteiger partial charge in [0.1, 0.15) is 0 Å². The van der Waals surface area contributed by atoms with E-state index >= 15 is 0 Å². The zero-order chi connectivity index (χ0) is 27.3. The highest BCUT2D eigenvalue weighted by Gasteiger charge is 2.30. The molecular weight excluding hydrogens is 521 g/mol. The Balaban J connectivity index is 1.53. The van der Waals surface area contributed by atoms with Crippen LogP contribution in [-0.2, 0) is 18.5 Å². The molecule has 2 N–H and O–H groups in total. The van der Waals surface area contributed by atoms with E-state index in [-0.39, 0.29) is 17.9 Å². The van der Waals surface area contributed by atoms with Crippen molar-refractivity contribution in [2.75, 3.05) is 5.32 Å². The highest BCUT2D eigenvalue weighted by molar-refractivity contribution is 7.98. The molecule has 0 radical (unpaired) electrons. The van der Waals surface area contributed by atoms with Crippen molar-refractivity contribution in [2.45, 2.75) is 30.6 Å². The van der Waals surface area contributed by atoms with Crippen molar-refractivity contribution >= 4 is 29.2 Å². The van der Waals surface area contributed by atoms with Crippen LogP contribution in [0.2, 0.25) is 0 Å². The molecule has 0 saturated heterocycles. The number of alkyl halides is 3. The lowest BCUT2D eigenvalue weighted by Crippen LogP contribution is -2.29. The molecule has 4 rings (SSSR count). The number of nitro groups is 1. The minimum absolute atomic E-state index is 0.0244. The minimum atomic E-state index is -4.54. The van der Waals surface area contributed by atoms with E-state index in [1.54, 1.807) is 16.7 Å². The standard InChI is InChI=1S/C25H21F3N6O3S/c1-16-5-2-3-6-17(16)15-38-24-32-31-22(33(24)20-9-11-21(12-10-20)34(36)37)14-29-23(35)30-19-8-4-7-18(13-19)25(26,27)28/h2-13H,14-15H2,1H3,(H2,29,30,35). The third-order valence-electron chi connectivity index (χ3n) is 5.49. The fourth-order valence-electron chi connectivity index (χ4n) is 3.51. The van der Waals surface area contributed by atoms with Crippen LogP contribution in [0.25, 0.3) is 5.69 Å². The summed E-state index contributed by atoms with van der Waals surface area (Å²) in [5, 5.41) is 24.9. The molecule has 2 amide bonds. The third kappa shape index (κ3) is 6.48. The predicted molar refractivity (Wildman–Crippen MR) is 136 cm³/mol. The number of hydrogen-bond donors (Lipinski definition) is 2. The number of thioether (sulfide) groups is 1. The molecule has 0 atom stereocenters. The lowest BCUT2D eigenvalue weighted by molar-refractivity contribution is -0.384. The van der Waals surface area contributed by atoms with E-state index in [1.807, 2.05) is 31.2 Å². The first-order valence-electron chi connectivity index (χ1n) is 11.2. The van der Waals surface area contributed by atoms with Crippen LogP contribution in [0.1, 0.15) is 22.5 Å². The van der Waals surface area contributed by atoms with E-state index < -0.39 is 22.7 Å². The summed E-state index contributed by atoms with van der Waals surface area (Å²) in [5.74, 6) is 0.909. The summed E-state index contributed by atoms with van der Waals surface area (Å²) in [6.45, 7) is 1.88. The van der Waals surface area contributed by atoms with E-state index in [1.165, 1.54) is 36.0 Å². The lowest BCUT2D eigenvalue weighted by atomic mass is 10.1. The molecule has 196 valence electrons. The number of urea groups is 1. The molecule has 0 aliphatic carbocycles. The number of anilines is 1. The summed E-state index contributed by atoms with van der Waals surface area (Å²) in [4.78, 5) is 23.0. The van der Waals surface area contributed by atoms with Gasteiger partial charge >= 0.3 is 12.2 Å². The van der Waals surface area contributed by atoms with Crippen molar-refractivity contribution in [3.63, 3.8) is 0 Å². The highest BCUT2D eigenvalue weighted by Crippen LogP contribution is 2.31. The summed E-state index contributed by atoms with van der Waals surface area (Å²) in [7, 11) is 0. The van der Waals surface area contributed by atoms with Gasteiger partial charge in [-0.1, -0.05) is 42.1 Å². The van der Waals surface area contributed by atoms with Crippen LogP contribution < -0.4 is 10.6 Å². The van der Waals surface area contributed by atoms with Crippen LogP contribution in [0.4, 0.5) is 29.3 Å². The van der Waals surface area contributed by atoms with Gasteiger partial charge in [0, 0.05) is 29.3 Å². The molecule has 1 aromatic heterocycles. The molecule has 13 heteroatoms. The number of carbonyl (C=O) groups is 1. The number of non-ortho nitro benzene ring substituents is 1. The first-order valence-corrected chi connectivity index (χ1v) is 12.2. The van der Waals surface area contributed by atoms with Crippen molar-refractivity contribution < 1.29 is 22.9 Å². The van der Waals surface area contributed by atoms with Gasteiger partial charge in [-0.25, -0.2) is 4.79 Å². The maximum Gasteiger partial charge on any atom is 0.416 e. The van der Waals surface area contributed by atoms with Crippen LogP contribution in [0.3, 0.4) is 0 Å². The molecule has 0 fully saturated rings. The number of aryl methyl sites for hydroxylation is 1. The van der Waals surface area contributed by atoms with Crippen molar-refractivity contribution in [1.29, 1.82) is 0 Å². The Kier molecular flexibility index (Phi) is 7.96. The molecular formula is C25H21F3N6O3S. The van der Waals surface area contributed by atoms with E-state index in [2.05, 4.69) is 20.8 Å². The number of nitro benzene ring substituents is 1. The first kappa shape index (κ1) is 26.7. The molecule has 0 bridgehead atoms. The summed E-state index contributed by atoms with van der Waals surface area (Å²) >= 11 is 1.40. The molecule has 1 heterocycles. The zero-order valence-electron chi connectivity index (χ0n) is 19.9. The van der Waals surface area contributed by atoms with Gasteiger partial charge in [-0.05, 0) is 48.4 Å². The topological polar surface area (TPSA) is 115 Å². The van der Waals surface area contributed by atoms with Gasteiger partial charge < -0.3 is 10.6 Å². The number of halogens is 3. The van der Waals surface area contributed by atoms with E-state index in [9.17, 15) is 28.1 Å². The fraction of sp³-hybridized carbons (Fsp3) is 0.160. The smallest absolute Gasteiger partial charge is 0.331 e. The van der Waals surface area contributed by atoms with Crippen LogP contribution in [0, 0.1) is 17.0 Å². The Morgan fingerprint density at radius 1 is 1.05 bits per heavy atom. The van der Waals surface area contributed by atoms with Gasteiger partial charge in [0.15, 0.2) is 11.0 Å². The third-order valence-corrected chi connectivity index (χ3v) is 6.47. The average molecular weight is 543 g/mol. The van der Waals surface area contributed by atoms with Gasteiger partial charge in [0.25, 0.3) is 5.69 Å². The number of amides is 2. The number of nitrogens with one attached hydrogen (secondary N) is 2. The zero-order valence-corrected chi connectivity index (χ0v) is 20.7. The molecule has 0 unspecified atom stereocenters. The molecule has 38 heavy (non-hydrogen) atoms.